The molecule has 0 bridgehead atoms. The van der Waals surface area contributed by atoms with Crippen molar-refractivity contribution in [2.45, 2.75) is 17.6 Å². The van der Waals surface area contributed by atoms with Crippen molar-refractivity contribution >= 4 is 10.0 Å². The van der Waals surface area contributed by atoms with Gasteiger partial charge in [0, 0.05) is 18.7 Å². The molecule has 0 radical (unpaired) electrons. The van der Waals surface area contributed by atoms with Crippen LogP contribution in [-0.4, -0.2) is 25.9 Å². The van der Waals surface area contributed by atoms with Crippen molar-refractivity contribution in [3.8, 4) is 5.75 Å². The Morgan fingerprint density at radius 3 is 2.56 bits per heavy atom. The van der Waals surface area contributed by atoms with Gasteiger partial charge in [0.2, 0.25) is 10.0 Å². The molecule has 0 N–H and O–H groups in total. The number of nitrogens with zero attached hydrogens (tertiary/aromatic N) is 1. The molecule has 0 saturated heterocycles. The molecule has 0 aliphatic carbocycles. The van der Waals surface area contributed by atoms with E-state index in [9.17, 15) is 26.0 Å². The van der Waals surface area contributed by atoms with Crippen LogP contribution in [0, 0.1) is 5.82 Å². The molecular formula is C16H13F4NO3S. The molecule has 0 unspecified atom stereocenters. The molecule has 2 aromatic carbocycles. The largest absolute Gasteiger partial charge is 0.492 e. The van der Waals surface area contributed by atoms with Crippen LogP contribution < -0.4 is 4.74 Å². The van der Waals surface area contributed by atoms with Crippen LogP contribution in [0.15, 0.2) is 47.4 Å². The Bertz CT molecular complexity index is 896. The molecule has 0 amide bonds. The third-order valence-corrected chi connectivity index (χ3v) is 5.61. The first kappa shape index (κ1) is 17.7. The topological polar surface area (TPSA) is 46.6 Å². The van der Waals surface area contributed by atoms with Gasteiger partial charge in [0.25, 0.3) is 0 Å². The maximum atomic E-state index is 13.4. The lowest BCUT2D eigenvalue weighted by Gasteiger charge is -2.20. The van der Waals surface area contributed by atoms with Crippen molar-refractivity contribution in [3.05, 3.63) is 59.4 Å². The highest BCUT2D eigenvalue weighted by atomic mass is 32.2. The van der Waals surface area contributed by atoms with Gasteiger partial charge in [0.05, 0.1) is 10.5 Å². The van der Waals surface area contributed by atoms with Crippen LogP contribution in [0.2, 0.25) is 0 Å². The maximum Gasteiger partial charge on any atom is 0.416 e. The third-order valence-electron chi connectivity index (χ3n) is 3.77. The molecular weight excluding hydrogens is 362 g/mol. The molecule has 1 aliphatic rings. The molecule has 9 heteroatoms. The highest BCUT2D eigenvalue weighted by molar-refractivity contribution is 7.89. The Morgan fingerprint density at radius 2 is 1.84 bits per heavy atom. The Morgan fingerprint density at radius 1 is 1.08 bits per heavy atom. The fourth-order valence-electron chi connectivity index (χ4n) is 2.53. The van der Waals surface area contributed by atoms with Gasteiger partial charge in [-0.15, -0.1) is 0 Å². The highest BCUT2D eigenvalue weighted by Crippen LogP contribution is 2.32. The van der Waals surface area contributed by atoms with Crippen molar-refractivity contribution in [1.82, 2.24) is 4.31 Å². The summed E-state index contributed by atoms with van der Waals surface area (Å²) in [5.74, 6) is -0.205. The molecule has 25 heavy (non-hydrogen) atoms. The minimum absolute atomic E-state index is 0.0107. The number of hydrogen-bond donors (Lipinski definition) is 0. The standard InChI is InChI=1S/C16H13F4NO3S/c17-13-4-5-15-11(8-13)10-21(6-7-24-15)25(22,23)14-3-1-2-12(9-14)16(18,19)20/h1-5,8-9H,6-7,10H2. The molecule has 0 fully saturated rings. The van der Waals surface area contributed by atoms with Crippen molar-refractivity contribution in [2.24, 2.45) is 0 Å². The van der Waals surface area contributed by atoms with E-state index in [1.165, 1.54) is 12.1 Å². The number of benzene rings is 2. The van der Waals surface area contributed by atoms with Crippen LogP contribution in [0.25, 0.3) is 0 Å². The van der Waals surface area contributed by atoms with Gasteiger partial charge in [-0.05, 0) is 36.4 Å². The summed E-state index contributed by atoms with van der Waals surface area (Å²) in [7, 11) is -4.19. The number of hydrogen-bond acceptors (Lipinski definition) is 3. The van der Waals surface area contributed by atoms with E-state index in [0.717, 1.165) is 28.6 Å². The third kappa shape index (κ3) is 3.62. The quantitative estimate of drug-likeness (QED) is 0.756. The summed E-state index contributed by atoms with van der Waals surface area (Å²) in [4.78, 5) is -0.470. The van der Waals surface area contributed by atoms with E-state index in [-0.39, 0.29) is 19.7 Å². The Kier molecular flexibility index (Phi) is 4.46. The molecule has 4 nitrogen and oxygen atoms in total. The first-order chi connectivity index (χ1) is 11.7. The normalized spacial score (nSPS) is 16.0. The smallest absolute Gasteiger partial charge is 0.416 e. The predicted octanol–water partition coefficient (Wildman–Crippen LogP) is 3.43. The number of sulfonamides is 1. The summed E-state index contributed by atoms with van der Waals surface area (Å²) in [5.41, 5.74) is -0.737. The van der Waals surface area contributed by atoms with E-state index < -0.39 is 32.5 Å². The fourth-order valence-corrected chi connectivity index (χ4v) is 3.97. The average molecular weight is 375 g/mol. The maximum absolute atomic E-state index is 13.4. The molecule has 2 aromatic rings. The van der Waals surface area contributed by atoms with E-state index in [0.29, 0.717) is 17.4 Å². The minimum atomic E-state index is -4.65. The molecule has 1 aliphatic heterocycles. The summed E-state index contributed by atoms with van der Waals surface area (Å²) < 4.78 is 83.7. The van der Waals surface area contributed by atoms with Crippen molar-refractivity contribution in [1.29, 1.82) is 0 Å². The van der Waals surface area contributed by atoms with Gasteiger partial charge in [-0.1, -0.05) is 6.07 Å². The summed E-state index contributed by atoms with van der Waals surface area (Å²) in [6.07, 6.45) is -4.65. The summed E-state index contributed by atoms with van der Waals surface area (Å²) in [6.45, 7) is -0.239. The lowest BCUT2D eigenvalue weighted by atomic mass is 10.2. The SMILES string of the molecule is O=S(=O)(c1cccc(C(F)(F)F)c1)N1CCOc2ccc(F)cc2C1. The molecule has 0 saturated carbocycles. The van der Waals surface area contributed by atoms with Crippen LogP contribution in [0.5, 0.6) is 5.75 Å². The van der Waals surface area contributed by atoms with Gasteiger partial charge in [-0.2, -0.15) is 17.5 Å². The zero-order chi connectivity index (χ0) is 18.2. The van der Waals surface area contributed by atoms with E-state index in [1.54, 1.807) is 0 Å². The Hall–Kier alpha value is -2.13. The van der Waals surface area contributed by atoms with Crippen LogP contribution in [0.1, 0.15) is 11.1 Å². The second-order valence-electron chi connectivity index (χ2n) is 5.46. The molecule has 1 heterocycles. The zero-order valence-corrected chi connectivity index (χ0v) is 13.6. The van der Waals surface area contributed by atoms with Gasteiger partial charge in [-0.3, -0.25) is 0 Å². The van der Waals surface area contributed by atoms with Crippen molar-refractivity contribution in [2.75, 3.05) is 13.2 Å². The van der Waals surface area contributed by atoms with Crippen molar-refractivity contribution < 1.29 is 30.7 Å². The molecule has 0 atom stereocenters. The first-order valence-corrected chi connectivity index (χ1v) is 8.70. The van der Waals surface area contributed by atoms with Crippen LogP contribution in [0.3, 0.4) is 0 Å². The summed E-state index contributed by atoms with van der Waals surface area (Å²) in [6, 6.07) is 7.26. The summed E-state index contributed by atoms with van der Waals surface area (Å²) in [5, 5.41) is 0. The lowest BCUT2D eigenvalue weighted by Crippen LogP contribution is -2.32. The van der Waals surface area contributed by atoms with E-state index >= 15 is 0 Å². The Labute approximate surface area is 141 Å². The number of alkyl halides is 3. The van der Waals surface area contributed by atoms with E-state index in [4.69, 9.17) is 4.74 Å². The number of fused-ring (bicyclic) bond motifs is 1. The summed E-state index contributed by atoms with van der Waals surface area (Å²) >= 11 is 0. The first-order valence-electron chi connectivity index (χ1n) is 7.26. The van der Waals surface area contributed by atoms with Gasteiger partial charge < -0.3 is 4.74 Å². The average Bonchev–Trinajstić information content (AvgIpc) is 2.76. The van der Waals surface area contributed by atoms with Gasteiger partial charge >= 0.3 is 6.18 Å². The second kappa shape index (κ2) is 6.30. The van der Waals surface area contributed by atoms with Crippen LogP contribution >= 0.6 is 0 Å². The fraction of sp³-hybridized carbons (Fsp3) is 0.250. The molecule has 0 aromatic heterocycles. The molecule has 3 rings (SSSR count). The molecule has 134 valence electrons. The minimum Gasteiger partial charge on any atom is -0.492 e. The predicted molar refractivity (Wildman–Crippen MR) is 80.9 cm³/mol. The van der Waals surface area contributed by atoms with Gasteiger partial charge in [0.1, 0.15) is 18.2 Å². The Balaban J connectivity index is 1.97. The second-order valence-corrected chi connectivity index (χ2v) is 7.40. The van der Waals surface area contributed by atoms with Crippen LogP contribution in [-0.2, 0) is 22.7 Å². The molecule has 0 spiro atoms. The lowest BCUT2D eigenvalue weighted by molar-refractivity contribution is -0.137. The monoisotopic (exact) mass is 375 g/mol. The van der Waals surface area contributed by atoms with Crippen LogP contribution in [0.4, 0.5) is 17.6 Å². The van der Waals surface area contributed by atoms with E-state index in [1.807, 2.05) is 0 Å². The zero-order valence-electron chi connectivity index (χ0n) is 12.8. The highest BCUT2D eigenvalue weighted by Gasteiger charge is 2.33. The van der Waals surface area contributed by atoms with Gasteiger partial charge in [0.15, 0.2) is 0 Å². The number of halogens is 4. The van der Waals surface area contributed by atoms with Gasteiger partial charge in [-0.25, -0.2) is 12.8 Å². The number of ether oxygens (including phenoxy) is 1. The number of rotatable bonds is 2. The van der Waals surface area contributed by atoms with E-state index in [2.05, 4.69) is 0 Å². The van der Waals surface area contributed by atoms with Crippen molar-refractivity contribution in [3.63, 3.8) is 0 Å².